The highest BCUT2D eigenvalue weighted by Gasteiger charge is 2.21. The summed E-state index contributed by atoms with van der Waals surface area (Å²) < 4.78 is 26.1. The standard InChI is InChI=1S/C28H22FN3O3/c1-18-26-24(28(33)34-2)16-25(20-10-12-21(29)13-11-20)30-27(26)32(31-18)17-19-8-14-23(15-9-19)35-22-6-4-3-5-7-22/h3-16H,17H2,1-2H3. The van der Waals surface area contributed by atoms with Gasteiger partial charge in [0.15, 0.2) is 5.65 Å². The molecule has 0 aliphatic rings. The minimum atomic E-state index is -0.481. The number of pyridine rings is 1. The van der Waals surface area contributed by atoms with E-state index >= 15 is 0 Å². The van der Waals surface area contributed by atoms with E-state index in [0.717, 1.165) is 17.1 Å². The molecule has 7 heteroatoms. The van der Waals surface area contributed by atoms with Gasteiger partial charge in [-0.15, -0.1) is 0 Å². The summed E-state index contributed by atoms with van der Waals surface area (Å²) in [6.45, 7) is 2.28. The van der Waals surface area contributed by atoms with E-state index in [2.05, 4.69) is 5.10 Å². The molecule has 0 amide bonds. The number of carbonyl (C=O) groups excluding carboxylic acids is 1. The van der Waals surface area contributed by atoms with Gasteiger partial charge in [-0.25, -0.2) is 18.9 Å². The van der Waals surface area contributed by atoms with Crippen LogP contribution in [-0.2, 0) is 11.3 Å². The van der Waals surface area contributed by atoms with Crippen LogP contribution in [0.3, 0.4) is 0 Å². The largest absolute Gasteiger partial charge is 0.465 e. The van der Waals surface area contributed by atoms with Crippen LogP contribution in [0.25, 0.3) is 22.3 Å². The quantitative estimate of drug-likeness (QED) is 0.279. The molecule has 0 saturated heterocycles. The number of aromatic nitrogens is 3. The molecule has 0 N–H and O–H groups in total. The van der Waals surface area contributed by atoms with E-state index in [9.17, 15) is 9.18 Å². The molecule has 0 atom stereocenters. The van der Waals surface area contributed by atoms with Crippen LogP contribution in [0, 0.1) is 12.7 Å². The van der Waals surface area contributed by atoms with Crippen molar-refractivity contribution in [3.8, 4) is 22.8 Å². The fourth-order valence-electron chi connectivity index (χ4n) is 3.96. The highest BCUT2D eigenvalue weighted by molar-refractivity contribution is 6.05. The van der Waals surface area contributed by atoms with E-state index in [0.29, 0.717) is 40.1 Å². The Morgan fingerprint density at radius 2 is 1.63 bits per heavy atom. The number of esters is 1. The average molecular weight is 468 g/mol. The van der Waals surface area contributed by atoms with Crippen LogP contribution in [0.5, 0.6) is 11.5 Å². The zero-order valence-electron chi connectivity index (χ0n) is 19.2. The summed E-state index contributed by atoms with van der Waals surface area (Å²) >= 11 is 0. The van der Waals surface area contributed by atoms with Crippen LogP contribution in [0.2, 0.25) is 0 Å². The average Bonchev–Trinajstić information content (AvgIpc) is 3.20. The first-order chi connectivity index (χ1) is 17.0. The zero-order chi connectivity index (χ0) is 24.4. The lowest BCUT2D eigenvalue weighted by molar-refractivity contribution is 0.0603. The normalized spacial score (nSPS) is 10.9. The Kier molecular flexibility index (Phi) is 5.97. The summed E-state index contributed by atoms with van der Waals surface area (Å²) in [6.07, 6.45) is 0. The summed E-state index contributed by atoms with van der Waals surface area (Å²) in [5.74, 6) is 0.669. The number of carbonyl (C=O) groups is 1. The number of halogens is 1. The molecule has 5 rings (SSSR count). The van der Waals surface area contributed by atoms with Crippen LogP contribution in [0.1, 0.15) is 21.6 Å². The Balaban J connectivity index is 1.52. The maximum absolute atomic E-state index is 13.5. The fraction of sp³-hybridized carbons (Fsp3) is 0.107. The van der Waals surface area contributed by atoms with Crippen molar-refractivity contribution in [2.24, 2.45) is 0 Å². The molecule has 5 aromatic rings. The number of rotatable bonds is 6. The SMILES string of the molecule is COC(=O)c1cc(-c2ccc(F)cc2)nc2c1c(C)nn2Cc1ccc(Oc2ccccc2)cc1. The molecule has 0 radical (unpaired) electrons. The first-order valence-corrected chi connectivity index (χ1v) is 11.1. The molecule has 6 nitrogen and oxygen atoms in total. The van der Waals surface area contributed by atoms with Crippen LogP contribution < -0.4 is 4.74 Å². The van der Waals surface area contributed by atoms with Crippen LogP contribution in [0.4, 0.5) is 4.39 Å². The summed E-state index contributed by atoms with van der Waals surface area (Å²) in [4.78, 5) is 17.4. The number of ether oxygens (including phenoxy) is 2. The molecule has 0 aliphatic carbocycles. The predicted molar refractivity (Wildman–Crippen MR) is 131 cm³/mol. The molecule has 3 aromatic carbocycles. The molecule has 0 unspecified atom stereocenters. The van der Waals surface area contributed by atoms with E-state index < -0.39 is 5.97 Å². The van der Waals surface area contributed by atoms with Crippen molar-refractivity contribution in [1.29, 1.82) is 0 Å². The summed E-state index contributed by atoms with van der Waals surface area (Å²) in [6, 6.07) is 25.0. The molecule has 174 valence electrons. The molecule has 2 aromatic heterocycles. The van der Waals surface area contributed by atoms with Gasteiger partial charge in [0.2, 0.25) is 0 Å². The molecule has 0 aliphatic heterocycles. The van der Waals surface area contributed by atoms with Gasteiger partial charge in [0.1, 0.15) is 17.3 Å². The molecule has 2 heterocycles. The highest BCUT2D eigenvalue weighted by Crippen LogP contribution is 2.29. The van der Waals surface area contributed by atoms with Gasteiger partial charge in [-0.2, -0.15) is 5.10 Å². The molecule has 0 saturated carbocycles. The number of hydrogen-bond acceptors (Lipinski definition) is 5. The van der Waals surface area contributed by atoms with Crippen molar-refractivity contribution in [2.75, 3.05) is 7.11 Å². The number of hydrogen-bond donors (Lipinski definition) is 0. The Hall–Kier alpha value is -4.52. The van der Waals surface area contributed by atoms with Gasteiger partial charge in [0, 0.05) is 5.56 Å². The number of fused-ring (bicyclic) bond motifs is 1. The van der Waals surface area contributed by atoms with Crippen LogP contribution in [-0.4, -0.2) is 27.8 Å². The van der Waals surface area contributed by atoms with Gasteiger partial charge < -0.3 is 9.47 Å². The molecule has 35 heavy (non-hydrogen) atoms. The number of methoxy groups -OCH3 is 1. The number of para-hydroxylation sites is 1. The summed E-state index contributed by atoms with van der Waals surface area (Å²) in [5, 5.41) is 5.29. The van der Waals surface area contributed by atoms with Crippen LogP contribution in [0.15, 0.2) is 84.9 Å². The predicted octanol–water partition coefficient (Wildman–Crippen LogP) is 6.17. The Morgan fingerprint density at radius 3 is 2.31 bits per heavy atom. The third kappa shape index (κ3) is 4.61. The van der Waals surface area contributed by atoms with E-state index in [1.54, 1.807) is 22.9 Å². The smallest absolute Gasteiger partial charge is 0.338 e. The Labute approximate surface area is 201 Å². The first-order valence-electron chi connectivity index (χ1n) is 11.1. The summed E-state index contributed by atoms with van der Waals surface area (Å²) in [7, 11) is 1.34. The lowest BCUT2D eigenvalue weighted by atomic mass is 10.1. The van der Waals surface area contributed by atoms with Crippen molar-refractivity contribution in [3.05, 3.63) is 108 Å². The number of benzene rings is 3. The molecule has 0 bridgehead atoms. The Bertz CT molecular complexity index is 1500. The molecule has 0 spiro atoms. The molecular weight excluding hydrogens is 445 g/mol. The topological polar surface area (TPSA) is 66.2 Å². The number of nitrogens with zero attached hydrogens (tertiary/aromatic N) is 3. The second kappa shape index (κ2) is 9.38. The van der Waals surface area contributed by atoms with E-state index in [1.165, 1.54) is 19.2 Å². The van der Waals surface area contributed by atoms with Gasteiger partial charge in [-0.05, 0) is 67.1 Å². The van der Waals surface area contributed by atoms with Crippen LogP contribution >= 0.6 is 0 Å². The molecular formula is C28H22FN3O3. The maximum Gasteiger partial charge on any atom is 0.338 e. The minimum absolute atomic E-state index is 0.344. The van der Waals surface area contributed by atoms with Gasteiger partial charge >= 0.3 is 5.97 Å². The monoisotopic (exact) mass is 467 g/mol. The lowest BCUT2D eigenvalue weighted by Gasteiger charge is -2.09. The van der Waals surface area contributed by atoms with Crippen molar-refractivity contribution >= 4 is 17.0 Å². The number of aryl methyl sites for hydroxylation is 1. The van der Waals surface area contributed by atoms with Gasteiger partial charge in [-0.3, -0.25) is 0 Å². The fourth-order valence-corrected chi connectivity index (χ4v) is 3.96. The van der Waals surface area contributed by atoms with E-state index in [4.69, 9.17) is 14.5 Å². The van der Waals surface area contributed by atoms with Crippen molar-refractivity contribution < 1.29 is 18.7 Å². The van der Waals surface area contributed by atoms with Crippen molar-refractivity contribution in [2.45, 2.75) is 13.5 Å². The molecule has 0 fully saturated rings. The first kappa shape index (κ1) is 22.3. The highest BCUT2D eigenvalue weighted by atomic mass is 19.1. The Morgan fingerprint density at radius 1 is 0.943 bits per heavy atom. The van der Waals surface area contributed by atoms with Gasteiger partial charge in [0.25, 0.3) is 0 Å². The van der Waals surface area contributed by atoms with E-state index in [1.807, 2.05) is 61.5 Å². The summed E-state index contributed by atoms with van der Waals surface area (Å²) in [5.41, 5.74) is 3.80. The minimum Gasteiger partial charge on any atom is -0.465 e. The second-order valence-electron chi connectivity index (χ2n) is 8.05. The maximum atomic E-state index is 13.5. The van der Waals surface area contributed by atoms with Crippen molar-refractivity contribution in [1.82, 2.24) is 14.8 Å². The van der Waals surface area contributed by atoms with E-state index in [-0.39, 0.29) is 5.82 Å². The third-order valence-corrected chi connectivity index (χ3v) is 5.66. The van der Waals surface area contributed by atoms with Crippen molar-refractivity contribution in [3.63, 3.8) is 0 Å². The second-order valence-corrected chi connectivity index (χ2v) is 8.05. The van der Waals surface area contributed by atoms with Gasteiger partial charge in [-0.1, -0.05) is 30.3 Å². The van der Waals surface area contributed by atoms with Gasteiger partial charge in [0.05, 0.1) is 36.0 Å². The third-order valence-electron chi connectivity index (χ3n) is 5.66. The zero-order valence-corrected chi connectivity index (χ0v) is 19.2. The lowest BCUT2D eigenvalue weighted by Crippen LogP contribution is -2.06.